The van der Waals surface area contributed by atoms with E-state index in [1.54, 1.807) is 19.1 Å². The van der Waals surface area contributed by atoms with Gasteiger partial charge in [0, 0.05) is 6.07 Å². The summed E-state index contributed by atoms with van der Waals surface area (Å²) in [6.07, 6.45) is 0. The van der Waals surface area contributed by atoms with Crippen molar-refractivity contribution in [3.63, 3.8) is 0 Å². The fraction of sp³-hybridized carbons (Fsp3) is 0.143. The molecule has 0 aliphatic rings. The smallest absolute Gasteiger partial charge is 0.354 e. The highest BCUT2D eigenvalue weighted by Crippen LogP contribution is 2.31. The number of aryl methyl sites for hydroxylation is 2. The normalized spacial score (nSPS) is 10.2. The number of hydrogen-bond acceptors (Lipinski definition) is 5. The summed E-state index contributed by atoms with van der Waals surface area (Å²) in [7, 11) is 0. The van der Waals surface area contributed by atoms with E-state index < -0.39 is 10.9 Å². The Balaban J connectivity index is 2.50. The number of aromatic carboxylic acids is 1. The second-order valence-corrected chi connectivity index (χ2v) is 4.45. The molecule has 7 heteroatoms. The van der Waals surface area contributed by atoms with Gasteiger partial charge in [-0.1, -0.05) is 12.1 Å². The van der Waals surface area contributed by atoms with Gasteiger partial charge >= 0.3 is 11.7 Å². The molecule has 21 heavy (non-hydrogen) atoms. The maximum absolute atomic E-state index is 11.0. The third-order valence-electron chi connectivity index (χ3n) is 2.81. The number of benzene rings is 1. The zero-order valence-electron chi connectivity index (χ0n) is 11.4. The highest BCUT2D eigenvalue weighted by molar-refractivity contribution is 5.85. The Hall–Kier alpha value is -2.96. The zero-order valence-corrected chi connectivity index (χ0v) is 11.4. The highest BCUT2D eigenvalue weighted by atomic mass is 16.6. The predicted molar refractivity (Wildman–Crippen MR) is 73.8 cm³/mol. The molecule has 2 aromatic rings. The zero-order chi connectivity index (χ0) is 15.6. The molecule has 0 fully saturated rings. The molecule has 0 spiro atoms. The van der Waals surface area contributed by atoms with Crippen molar-refractivity contribution in [2.75, 3.05) is 0 Å². The van der Waals surface area contributed by atoms with Crippen LogP contribution in [0.25, 0.3) is 0 Å². The van der Waals surface area contributed by atoms with Crippen LogP contribution in [0.5, 0.6) is 11.6 Å². The van der Waals surface area contributed by atoms with Gasteiger partial charge in [-0.15, -0.1) is 0 Å². The third kappa shape index (κ3) is 3.14. The molecule has 0 radical (unpaired) electrons. The van der Waals surface area contributed by atoms with Crippen LogP contribution < -0.4 is 4.74 Å². The number of carboxylic acids is 1. The molecule has 0 aliphatic heterocycles. The minimum Gasteiger partial charge on any atom is -0.477 e. The number of rotatable bonds is 4. The van der Waals surface area contributed by atoms with Crippen molar-refractivity contribution < 1.29 is 19.6 Å². The number of aromatic nitrogens is 1. The molecular formula is C14H12N2O5. The Morgan fingerprint density at radius 2 is 2.00 bits per heavy atom. The van der Waals surface area contributed by atoms with Crippen LogP contribution in [0.2, 0.25) is 0 Å². The molecule has 0 saturated heterocycles. The van der Waals surface area contributed by atoms with Crippen LogP contribution in [-0.4, -0.2) is 21.0 Å². The molecule has 0 unspecified atom stereocenters. The lowest BCUT2D eigenvalue weighted by atomic mass is 10.1. The number of nitrogens with zero attached hydrogens (tertiary/aromatic N) is 2. The van der Waals surface area contributed by atoms with Crippen LogP contribution in [0.15, 0.2) is 30.3 Å². The number of hydrogen-bond donors (Lipinski definition) is 1. The molecule has 0 aliphatic carbocycles. The number of carboxylic acid groups (broad SMARTS) is 1. The summed E-state index contributed by atoms with van der Waals surface area (Å²) in [6.45, 7) is 3.63. The summed E-state index contributed by atoms with van der Waals surface area (Å²) < 4.78 is 5.46. The fourth-order valence-electron chi connectivity index (χ4n) is 1.69. The largest absolute Gasteiger partial charge is 0.477 e. The van der Waals surface area contributed by atoms with E-state index >= 15 is 0 Å². The minimum atomic E-state index is -1.28. The maximum Gasteiger partial charge on any atom is 0.354 e. The molecule has 2 rings (SSSR count). The Bertz CT molecular complexity index is 727. The molecule has 1 aromatic carbocycles. The number of pyridine rings is 1. The molecule has 7 nitrogen and oxygen atoms in total. The van der Waals surface area contributed by atoms with E-state index in [9.17, 15) is 14.9 Å². The second kappa shape index (κ2) is 5.58. The van der Waals surface area contributed by atoms with Crippen molar-refractivity contribution in [3.05, 3.63) is 57.3 Å². The van der Waals surface area contributed by atoms with Gasteiger partial charge in [0.05, 0.1) is 4.92 Å². The Morgan fingerprint density at radius 3 is 2.62 bits per heavy atom. The van der Waals surface area contributed by atoms with Crippen LogP contribution in [-0.2, 0) is 0 Å². The summed E-state index contributed by atoms with van der Waals surface area (Å²) in [5, 5.41) is 19.9. The van der Waals surface area contributed by atoms with Gasteiger partial charge in [0.15, 0.2) is 5.69 Å². The monoisotopic (exact) mass is 288 g/mol. The van der Waals surface area contributed by atoms with Crippen molar-refractivity contribution in [3.8, 4) is 11.6 Å². The average Bonchev–Trinajstić information content (AvgIpc) is 2.42. The highest BCUT2D eigenvalue weighted by Gasteiger charge is 2.21. The topological polar surface area (TPSA) is 103 Å². The van der Waals surface area contributed by atoms with E-state index in [-0.39, 0.29) is 17.3 Å². The van der Waals surface area contributed by atoms with Gasteiger partial charge in [0.2, 0.25) is 0 Å². The maximum atomic E-state index is 11.0. The predicted octanol–water partition coefficient (Wildman–Crippen LogP) is 3.10. The first-order chi connectivity index (χ1) is 9.88. The van der Waals surface area contributed by atoms with Crippen LogP contribution in [0.4, 0.5) is 5.69 Å². The summed E-state index contributed by atoms with van der Waals surface area (Å²) >= 11 is 0. The quantitative estimate of drug-likeness (QED) is 0.685. The molecule has 0 bridgehead atoms. The summed E-state index contributed by atoms with van der Waals surface area (Å²) in [5.41, 5.74) is 0.965. The van der Waals surface area contributed by atoms with Gasteiger partial charge < -0.3 is 9.84 Å². The SMILES string of the molecule is Cc1ccc(C)c(Oc2nc(C(=O)O)ccc2[N+](=O)[O-])c1. The standard InChI is InChI=1S/C14H12N2O5/c1-8-3-4-9(2)12(7-8)21-13-11(16(19)20)6-5-10(15-13)14(17)18/h3-7H,1-2H3,(H,17,18). The molecule has 0 amide bonds. The van der Waals surface area contributed by atoms with E-state index in [1.165, 1.54) is 0 Å². The van der Waals surface area contributed by atoms with Gasteiger partial charge in [-0.3, -0.25) is 10.1 Å². The molecule has 1 heterocycles. The van der Waals surface area contributed by atoms with Crippen molar-refractivity contribution in [2.45, 2.75) is 13.8 Å². The summed E-state index contributed by atoms with van der Waals surface area (Å²) in [5.74, 6) is -1.22. The van der Waals surface area contributed by atoms with Crippen molar-refractivity contribution in [1.82, 2.24) is 4.98 Å². The Kier molecular flexibility index (Phi) is 3.84. The Morgan fingerprint density at radius 1 is 1.29 bits per heavy atom. The number of ether oxygens (including phenoxy) is 1. The summed E-state index contributed by atoms with van der Waals surface area (Å²) in [4.78, 5) is 24.9. The van der Waals surface area contributed by atoms with Crippen LogP contribution in [0, 0.1) is 24.0 Å². The van der Waals surface area contributed by atoms with Gasteiger partial charge in [-0.25, -0.2) is 4.79 Å². The first-order valence-corrected chi connectivity index (χ1v) is 6.02. The molecule has 108 valence electrons. The minimum absolute atomic E-state index is 0.319. The fourth-order valence-corrected chi connectivity index (χ4v) is 1.69. The Labute approximate surface area is 120 Å². The van der Waals surface area contributed by atoms with E-state index in [2.05, 4.69) is 4.98 Å². The average molecular weight is 288 g/mol. The molecule has 1 aromatic heterocycles. The first kappa shape index (κ1) is 14.4. The molecular weight excluding hydrogens is 276 g/mol. The lowest BCUT2D eigenvalue weighted by molar-refractivity contribution is -0.386. The van der Waals surface area contributed by atoms with E-state index in [1.807, 2.05) is 13.0 Å². The van der Waals surface area contributed by atoms with Crippen molar-refractivity contribution in [2.24, 2.45) is 0 Å². The van der Waals surface area contributed by atoms with Gasteiger partial charge in [-0.2, -0.15) is 4.98 Å². The van der Waals surface area contributed by atoms with Crippen molar-refractivity contribution in [1.29, 1.82) is 0 Å². The third-order valence-corrected chi connectivity index (χ3v) is 2.81. The number of nitro groups is 1. The van der Waals surface area contributed by atoms with Crippen LogP contribution in [0.3, 0.4) is 0 Å². The molecule has 1 N–H and O–H groups in total. The number of carbonyl (C=O) groups is 1. The van der Waals surface area contributed by atoms with E-state index in [4.69, 9.17) is 9.84 Å². The molecule has 0 atom stereocenters. The summed E-state index contributed by atoms with van der Waals surface area (Å²) in [6, 6.07) is 7.51. The van der Waals surface area contributed by atoms with E-state index in [0.717, 1.165) is 23.3 Å². The van der Waals surface area contributed by atoms with Gasteiger partial charge in [0.1, 0.15) is 5.75 Å². The first-order valence-electron chi connectivity index (χ1n) is 6.02. The lowest BCUT2D eigenvalue weighted by Crippen LogP contribution is -2.04. The van der Waals surface area contributed by atoms with Gasteiger partial charge in [-0.05, 0) is 37.1 Å². The lowest BCUT2D eigenvalue weighted by Gasteiger charge is -2.09. The second-order valence-electron chi connectivity index (χ2n) is 4.45. The van der Waals surface area contributed by atoms with E-state index in [0.29, 0.717) is 5.75 Å². The van der Waals surface area contributed by atoms with Gasteiger partial charge in [0.25, 0.3) is 5.88 Å². The van der Waals surface area contributed by atoms with Crippen LogP contribution in [0.1, 0.15) is 21.6 Å². The molecule has 0 saturated carbocycles. The van der Waals surface area contributed by atoms with Crippen LogP contribution >= 0.6 is 0 Å². The van der Waals surface area contributed by atoms with Crippen molar-refractivity contribution >= 4 is 11.7 Å².